The Labute approximate surface area is 367 Å². The van der Waals surface area contributed by atoms with Crippen molar-refractivity contribution in [1.29, 1.82) is 0 Å². The maximum Gasteiger partial charge on any atom is 0.472 e. The zero-order valence-electron chi connectivity index (χ0n) is 38.9. The highest BCUT2D eigenvalue weighted by atomic mass is 31.2. The first-order valence-electron chi connectivity index (χ1n) is 24.0. The Morgan fingerprint density at radius 3 is 1.73 bits per heavy atom. The molecule has 0 aromatic carbocycles. The van der Waals surface area contributed by atoms with Crippen molar-refractivity contribution >= 4 is 19.8 Å². The number of rotatable bonds is 42. The normalized spacial score (nSPS) is 17.3. The van der Waals surface area contributed by atoms with Gasteiger partial charge in [0.1, 0.15) is 19.8 Å². The Morgan fingerprint density at radius 2 is 1.12 bits per heavy atom. The van der Waals surface area contributed by atoms with Crippen LogP contribution >= 0.6 is 7.82 Å². The molecule has 1 fully saturated rings. The summed E-state index contributed by atoms with van der Waals surface area (Å²) in [5, 5.41) is 0. The molecule has 0 aromatic rings. The average Bonchev–Trinajstić information content (AvgIpc) is 3.96. The second-order valence-corrected chi connectivity index (χ2v) is 19.0. The summed E-state index contributed by atoms with van der Waals surface area (Å²) in [7, 11) is 1.45. The fraction of sp³-hybridized carbons (Fsp3) is 0.796. The fourth-order valence-electron chi connectivity index (χ4n) is 6.62. The molecule has 1 heterocycles. The molecule has 0 amide bonds. The summed E-state index contributed by atoms with van der Waals surface area (Å²) in [5.74, 6) is -0.837. The van der Waals surface area contributed by atoms with Gasteiger partial charge in [-0.1, -0.05) is 146 Å². The molecule has 4 atom stereocenters. The third-order valence-corrected chi connectivity index (χ3v) is 11.5. The van der Waals surface area contributed by atoms with Crippen molar-refractivity contribution in [2.75, 3.05) is 47.5 Å². The molecule has 11 heteroatoms. The molecular weight excluding hydrogens is 778 g/mol. The molecule has 1 aliphatic rings. The molecule has 0 bridgehead atoms. The van der Waals surface area contributed by atoms with Crippen molar-refractivity contribution in [1.82, 2.24) is 0 Å². The number of allylic oxidation sites excluding steroid dienone is 7. The lowest BCUT2D eigenvalue weighted by Gasteiger charge is -2.24. The van der Waals surface area contributed by atoms with Gasteiger partial charge in [-0.15, -0.1) is 0 Å². The summed E-state index contributed by atoms with van der Waals surface area (Å²) in [6.45, 7) is 4.33. The minimum Gasteiger partial charge on any atom is -0.462 e. The topological polar surface area (TPSA) is 121 Å². The minimum atomic E-state index is -4.39. The second kappa shape index (κ2) is 37.5. The number of carbonyl (C=O) groups excluding carboxylic acids is 2. The van der Waals surface area contributed by atoms with E-state index in [2.05, 4.69) is 62.5 Å². The molecule has 0 spiro atoms. The van der Waals surface area contributed by atoms with Gasteiger partial charge in [-0.05, 0) is 77.0 Å². The highest BCUT2D eigenvalue weighted by Crippen LogP contribution is 2.43. The first-order chi connectivity index (χ1) is 29.0. The number of ether oxygens (including phenoxy) is 3. The number of esters is 2. The van der Waals surface area contributed by atoms with Crippen LogP contribution in [0.5, 0.6) is 0 Å². The van der Waals surface area contributed by atoms with E-state index >= 15 is 0 Å². The van der Waals surface area contributed by atoms with E-state index in [-0.39, 0.29) is 26.1 Å². The van der Waals surface area contributed by atoms with Gasteiger partial charge in [0.05, 0.1) is 40.0 Å². The van der Waals surface area contributed by atoms with E-state index in [1.807, 2.05) is 21.1 Å². The fourth-order valence-corrected chi connectivity index (χ4v) is 7.36. The molecule has 1 aliphatic heterocycles. The molecular formula is C49H89NO9P+. The van der Waals surface area contributed by atoms with Gasteiger partial charge in [-0.3, -0.25) is 18.6 Å². The lowest BCUT2D eigenvalue weighted by atomic mass is 10.1. The Bertz CT molecular complexity index is 1230. The van der Waals surface area contributed by atoms with E-state index in [4.69, 9.17) is 23.3 Å². The van der Waals surface area contributed by atoms with Crippen molar-refractivity contribution in [2.45, 2.75) is 206 Å². The molecule has 3 unspecified atom stereocenters. The number of phosphoric acid groups is 1. The summed E-state index contributed by atoms with van der Waals surface area (Å²) in [5.41, 5.74) is 0. The predicted molar refractivity (Wildman–Crippen MR) is 247 cm³/mol. The Balaban J connectivity index is 2.27. The Kier molecular flexibility index (Phi) is 34.9. The largest absolute Gasteiger partial charge is 0.472 e. The molecule has 10 nitrogen and oxygen atoms in total. The zero-order valence-corrected chi connectivity index (χ0v) is 39.8. The molecule has 1 saturated heterocycles. The summed E-state index contributed by atoms with van der Waals surface area (Å²) in [4.78, 5) is 35.5. The lowest BCUT2D eigenvalue weighted by Crippen LogP contribution is -2.37. The molecule has 0 aromatic heterocycles. The van der Waals surface area contributed by atoms with Crippen LogP contribution < -0.4 is 0 Å². The summed E-state index contributed by atoms with van der Waals surface area (Å²) >= 11 is 0. The van der Waals surface area contributed by atoms with Crippen LogP contribution in [0.1, 0.15) is 187 Å². The van der Waals surface area contributed by atoms with E-state index < -0.39 is 32.5 Å². The molecule has 0 aliphatic carbocycles. The van der Waals surface area contributed by atoms with E-state index in [9.17, 15) is 19.0 Å². The van der Waals surface area contributed by atoms with E-state index in [1.165, 1.54) is 51.4 Å². The lowest BCUT2D eigenvalue weighted by molar-refractivity contribution is -0.870. The van der Waals surface area contributed by atoms with Gasteiger partial charge < -0.3 is 23.6 Å². The van der Waals surface area contributed by atoms with Gasteiger partial charge in [-0.2, -0.15) is 0 Å². The smallest absolute Gasteiger partial charge is 0.462 e. The van der Waals surface area contributed by atoms with Crippen LogP contribution in [0.4, 0.5) is 0 Å². The van der Waals surface area contributed by atoms with Crippen LogP contribution in [-0.2, 0) is 37.4 Å². The second-order valence-electron chi connectivity index (χ2n) is 17.5. The van der Waals surface area contributed by atoms with Crippen molar-refractivity contribution in [3.63, 3.8) is 0 Å². The van der Waals surface area contributed by atoms with E-state index in [0.29, 0.717) is 36.1 Å². The molecule has 1 rings (SSSR count). The average molecular weight is 867 g/mol. The van der Waals surface area contributed by atoms with Crippen molar-refractivity contribution < 1.29 is 46.8 Å². The summed E-state index contributed by atoms with van der Waals surface area (Å²) in [6, 6.07) is 0. The molecule has 0 saturated carbocycles. The number of likely N-dealkylation sites (N-methyl/N-ethyl adjacent to an activating group) is 1. The number of hydrogen-bond acceptors (Lipinski definition) is 8. The number of carbonyl (C=O) groups is 2. The zero-order chi connectivity index (χ0) is 44.0. The van der Waals surface area contributed by atoms with Crippen molar-refractivity contribution in [3.8, 4) is 0 Å². The first kappa shape index (κ1) is 55.9. The van der Waals surface area contributed by atoms with Crippen LogP contribution in [0.15, 0.2) is 48.6 Å². The maximum absolute atomic E-state index is 12.7. The summed E-state index contributed by atoms with van der Waals surface area (Å²) in [6.07, 6.45) is 46.0. The highest BCUT2D eigenvalue weighted by Gasteiger charge is 2.36. The quantitative estimate of drug-likeness (QED) is 0.0160. The highest BCUT2D eigenvalue weighted by molar-refractivity contribution is 7.47. The monoisotopic (exact) mass is 867 g/mol. The van der Waals surface area contributed by atoms with Gasteiger partial charge in [0.15, 0.2) is 6.10 Å². The van der Waals surface area contributed by atoms with Crippen molar-refractivity contribution in [2.24, 2.45) is 0 Å². The maximum atomic E-state index is 12.7. The molecule has 60 heavy (non-hydrogen) atoms. The van der Waals surface area contributed by atoms with Crippen LogP contribution in [-0.4, -0.2) is 87.1 Å². The van der Waals surface area contributed by atoms with E-state index in [1.54, 1.807) is 0 Å². The standard InChI is InChI=1S/C49H88NO9P/c1-6-8-10-12-14-15-16-17-18-19-20-21-22-23-24-25-26-27-31-36-40-49(52)58-45(44-57-60(53,54)56-42-41-50(3,4)5)43-55-48(51)39-35-32-28-30-34-38-47-46(59-47)37-33-29-13-11-9-7-2/h15-16,18-19,21-22,29,33,45-47H,6-14,17,20,23-28,30-32,34-44H2,1-5H3/p+1/b16-15-,19-18-,22-21-,33-29-/t45-,46?,47?/m1/s1. The summed E-state index contributed by atoms with van der Waals surface area (Å²) < 4.78 is 40.2. The number of hydrogen-bond donors (Lipinski definition) is 1. The number of phosphoric ester groups is 1. The number of epoxide rings is 1. The first-order valence-corrected chi connectivity index (χ1v) is 25.5. The predicted octanol–water partition coefficient (Wildman–Crippen LogP) is 12.8. The van der Waals surface area contributed by atoms with Crippen LogP contribution in [0.3, 0.4) is 0 Å². The third-order valence-electron chi connectivity index (χ3n) is 10.5. The van der Waals surface area contributed by atoms with Gasteiger partial charge in [-0.25, -0.2) is 4.57 Å². The van der Waals surface area contributed by atoms with Gasteiger partial charge in [0.25, 0.3) is 0 Å². The number of unbranched alkanes of at least 4 members (excludes halogenated alkanes) is 17. The van der Waals surface area contributed by atoms with Crippen molar-refractivity contribution in [3.05, 3.63) is 48.6 Å². The van der Waals surface area contributed by atoms with Gasteiger partial charge in [0, 0.05) is 12.8 Å². The van der Waals surface area contributed by atoms with Crippen LogP contribution in [0.2, 0.25) is 0 Å². The molecule has 348 valence electrons. The van der Waals surface area contributed by atoms with Gasteiger partial charge >= 0.3 is 19.8 Å². The molecule has 0 radical (unpaired) electrons. The SMILES string of the molecule is CCCCC/C=C\CC1OC1CCCCCCCC(=O)OC[C@H](COP(=O)(O)OCC[N+](C)(C)C)OC(=O)CCCCCCCC/C=C\C/C=C\C/C=C\CCCCCC. The number of nitrogens with zero attached hydrogens (tertiary/aromatic N) is 1. The van der Waals surface area contributed by atoms with E-state index in [0.717, 1.165) is 96.3 Å². The van der Waals surface area contributed by atoms with Crippen LogP contribution in [0.25, 0.3) is 0 Å². The Hall–Kier alpha value is -2.07. The minimum absolute atomic E-state index is 0.0222. The number of quaternary nitrogens is 1. The Morgan fingerprint density at radius 1 is 0.617 bits per heavy atom. The molecule has 1 N–H and O–H groups in total. The third kappa shape index (κ3) is 37.7. The van der Waals surface area contributed by atoms with Gasteiger partial charge in [0.2, 0.25) is 0 Å². The van der Waals surface area contributed by atoms with Crippen LogP contribution in [0, 0.1) is 0 Å².